The smallest absolute Gasteiger partial charge is 0.312 e. The number of rotatable bonds is 8. The zero-order chi connectivity index (χ0) is 24.8. The molecule has 1 aromatic rings. The maximum atomic E-state index is 14.2. The van der Waals surface area contributed by atoms with Gasteiger partial charge in [0.2, 0.25) is 5.91 Å². The van der Waals surface area contributed by atoms with Crippen molar-refractivity contribution in [1.82, 2.24) is 4.90 Å². The second kappa shape index (κ2) is 8.98. The summed E-state index contributed by atoms with van der Waals surface area (Å²) < 4.78 is 11.8. The molecule has 184 valence electrons. The Labute approximate surface area is 204 Å². The number of fused-ring (bicyclic) bond motifs is 1. The number of benzene rings is 1. The van der Waals surface area contributed by atoms with Gasteiger partial charge in [0, 0.05) is 6.54 Å². The minimum atomic E-state index is -1.20. The van der Waals surface area contributed by atoms with Crippen LogP contribution in [0.4, 0.5) is 5.69 Å². The molecule has 1 aromatic carbocycles. The maximum Gasteiger partial charge on any atom is 0.312 e. The van der Waals surface area contributed by atoms with Crippen molar-refractivity contribution in [3.05, 3.63) is 41.9 Å². The van der Waals surface area contributed by atoms with Crippen LogP contribution in [0.1, 0.15) is 33.6 Å². The van der Waals surface area contributed by atoms with E-state index in [-0.39, 0.29) is 25.7 Å². The summed E-state index contributed by atoms with van der Waals surface area (Å²) in [6.45, 7) is 8.98. The summed E-state index contributed by atoms with van der Waals surface area (Å²) in [6.07, 6.45) is 2.53. The van der Waals surface area contributed by atoms with E-state index in [4.69, 9.17) is 21.1 Å². The number of likely N-dealkylation sites (tertiary alicyclic amines) is 1. The van der Waals surface area contributed by atoms with Gasteiger partial charge in [-0.1, -0.05) is 29.8 Å². The standard InChI is InChI=1S/C25H31ClN2O6/c1-5-13-27(17-10-8-7-9-16(17)26)22(31)20-25-12-11-24(4,34-25)19(23(32)33-6-2)18(25)21(30)28(20)15(3)14-29/h5,7-10,15,18-20,29H,1,6,11-14H2,2-4H3/t15-,18+,19+,20?,24-,25?/m1/s1. The molecule has 3 aliphatic rings. The van der Waals surface area contributed by atoms with Gasteiger partial charge in [0.25, 0.3) is 5.91 Å². The van der Waals surface area contributed by atoms with E-state index in [1.165, 1.54) is 9.80 Å². The lowest BCUT2D eigenvalue weighted by Gasteiger charge is -2.38. The molecule has 9 heteroatoms. The highest BCUT2D eigenvalue weighted by Gasteiger charge is 2.79. The van der Waals surface area contributed by atoms with Crippen LogP contribution in [0.5, 0.6) is 0 Å². The quantitative estimate of drug-likeness (QED) is 0.444. The molecule has 8 nitrogen and oxygen atoms in total. The normalized spacial score (nSPS) is 32.4. The van der Waals surface area contributed by atoms with Crippen LogP contribution in [-0.4, -0.2) is 70.8 Å². The average Bonchev–Trinajstić information content (AvgIpc) is 3.38. The molecular formula is C25H31ClN2O6. The lowest BCUT2D eigenvalue weighted by molar-refractivity contribution is -0.160. The van der Waals surface area contributed by atoms with E-state index in [9.17, 15) is 19.5 Å². The number of aliphatic hydroxyl groups is 1. The van der Waals surface area contributed by atoms with Crippen LogP contribution in [-0.2, 0) is 23.9 Å². The Kier molecular flexibility index (Phi) is 6.52. The molecule has 0 aliphatic carbocycles. The predicted octanol–water partition coefficient (Wildman–Crippen LogP) is 2.57. The third-order valence-electron chi connectivity index (χ3n) is 7.45. The molecule has 4 rings (SSSR count). The SMILES string of the molecule is C=CCN(C(=O)C1N([C@H](C)CO)C(=O)[C@@H]2[C@@H](C(=O)OCC)[C@@]3(C)CCC12O3)c1ccccc1Cl. The van der Waals surface area contributed by atoms with E-state index in [1.807, 2.05) is 6.92 Å². The number of carbonyl (C=O) groups is 3. The van der Waals surface area contributed by atoms with Gasteiger partial charge in [-0.2, -0.15) is 0 Å². The van der Waals surface area contributed by atoms with Crippen molar-refractivity contribution in [3.8, 4) is 0 Å². The maximum absolute atomic E-state index is 14.2. The first-order valence-corrected chi connectivity index (χ1v) is 12.0. The number of hydrogen-bond acceptors (Lipinski definition) is 6. The third kappa shape index (κ3) is 3.46. The number of aliphatic hydroxyl groups excluding tert-OH is 1. The molecule has 0 saturated carbocycles. The molecule has 3 saturated heterocycles. The number of anilines is 1. The molecule has 3 heterocycles. The largest absolute Gasteiger partial charge is 0.466 e. The minimum absolute atomic E-state index is 0.161. The highest BCUT2D eigenvalue weighted by molar-refractivity contribution is 6.34. The summed E-state index contributed by atoms with van der Waals surface area (Å²) in [6, 6.07) is 5.26. The Hall–Kier alpha value is -2.42. The number of hydrogen-bond donors (Lipinski definition) is 1. The van der Waals surface area contributed by atoms with Crippen LogP contribution in [0.15, 0.2) is 36.9 Å². The Balaban J connectivity index is 1.84. The summed E-state index contributed by atoms with van der Waals surface area (Å²) in [7, 11) is 0. The van der Waals surface area contributed by atoms with E-state index in [2.05, 4.69) is 6.58 Å². The summed E-state index contributed by atoms with van der Waals surface area (Å²) in [4.78, 5) is 44.0. The average molecular weight is 491 g/mol. The van der Waals surface area contributed by atoms with E-state index < -0.39 is 47.0 Å². The highest BCUT2D eigenvalue weighted by Crippen LogP contribution is 2.63. The van der Waals surface area contributed by atoms with Crippen molar-refractivity contribution >= 4 is 35.1 Å². The molecule has 0 radical (unpaired) electrons. The number of carbonyl (C=O) groups excluding carboxylic acids is 3. The van der Waals surface area contributed by atoms with E-state index in [0.29, 0.717) is 23.6 Å². The first-order chi connectivity index (χ1) is 16.2. The zero-order valence-electron chi connectivity index (χ0n) is 19.7. The molecule has 3 aliphatic heterocycles. The summed E-state index contributed by atoms with van der Waals surface area (Å²) >= 11 is 6.43. The molecular weight excluding hydrogens is 460 g/mol. The minimum Gasteiger partial charge on any atom is -0.466 e. The van der Waals surface area contributed by atoms with Crippen LogP contribution >= 0.6 is 11.6 Å². The molecule has 2 bridgehead atoms. The fourth-order valence-electron chi connectivity index (χ4n) is 6.05. The first kappa shape index (κ1) is 24.7. The Morgan fingerprint density at radius 1 is 1.41 bits per heavy atom. The van der Waals surface area contributed by atoms with Crippen LogP contribution in [0.2, 0.25) is 5.02 Å². The van der Waals surface area contributed by atoms with E-state index >= 15 is 0 Å². The van der Waals surface area contributed by atoms with Gasteiger partial charge in [-0.25, -0.2) is 0 Å². The van der Waals surface area contributed by atoms with Crippen molar-refractivity contribution < 1.29 is 29.0 Å². The Morgan fingerprint density at radius 3 is 2.74 bits per heavy atom. The fraction of sp³-hybridized carbons (Fsp3) is 0.560. The summed E-state index contributed by atoms with van der Waals surface area (Å²) in [5.41, 5.74) is -1.63. The van der Waals surface area contributed by atoms with Gasteiger partial charge in [-0.05, 0) is 45.7 Å². The van der Waals surface area contributed by atoms with Gasteiger partial charge >= 0.3 is 5.97 Å². The molecule has 1 spiro atoms. The molecule has 2 unspecified atom stereocenters. The number of nitrogens with zero attached hydrogens (tertiary/aromatic N) is 2. The van der Waals surface area contributed by atoms with Crippen molar-refractivity contribution in [2.24, 2.45) is 11.8 Å². The topological polar surface area (TPSA) is 96.4 Å². The summed E-state index contributed by atoms with van der Waals surface area (Å²) in [5, 5.41) is 10.3. The zero-order valence-corrected chi connectivity index (χ0v) is 20.5. The monoisotopic (exact) mass is 490 g/mol. The number of halogens is 1. The Bertz CT molecular complexity index is 1020. The number of esters is 1. The molecule has 3 fully saturated rings. The second-order valence-corrected chi connectivity index (χ2v) is 9.85. The van der Waals surface area contributed by atoms with E-state index in [1.54, 1.807) is 44.2 Å². The lowest BCUT2D eigenvalue weighted by Crippen LogP contribution is -2.58. The molecule has 0 aromatic heterocycles. The van der Waals surface area contributed by atoms with Crippen LogP contribution < -0.4 is 4.90 Å². The molecule has 6 atom stereocenters. The van der Waals surface area contributed by atoms with Gasteiger partial charge < -0.3 is 24.4 Å². The van der Waals surface area contributed by atoms with Crippen LogP contribution in [0.3, 0.4) is 0 Å². The van der Waals surface area contributed by atoms with Crippen molar-refractivity contribution in [2.45, 2.75) is 56.9 Å². The van der Waals surface area contributed by atoms with Crippen LogP contribution in [0.25, 0.3) is 0 Å². The Morgan fingerprint density at radius 2 is 2.12 bits per heavy atom. The van der Waals surface area contributed by atoms with Crippen molar-refractivity contribution in [1.29, 1.82) is 0 Å². The summed E-state index contributed by atoms with van der Waals surface area (Å²) in [5.74, 6) is -2.96. The fourth-order valence-corrected chi connectivity index (χ4v) is 6.29. The molecule has 34 heavy (non-hydrogen) atoms. The van der Waals surface area contributed by atoms with Gasteiger partial charge in [-0.15, -0.1) is 6.58 Å². The molecule has 1 N–H and O–H groups in total. The van der Waals surface area contributed by atoms with Gasteiger partial charge in [0.05, 0.1) is 41.5 Å². The van der Waals surface area contributed by atoms with E-state index in [0.717, 1.165) is 0 Å². The van der Waals surface area contributed by atoms with Gasteiger partial charge in [-0.3, -0.25) is 14.4 Å². The number of ether oxygens (including phenoxy) is 2. The lowest BCUT2D eigenvalue weighted by atomic mass is 9.66. The first-order valence-electron chi connectivity index (χ1n) is 11.6. The van der Waals surface area contributed by atoms with Gasteiger partial charge in [0.1, 0.15) is 17.6 Å². The van der Waals surface area contributed by atoms with Crippen molar-refractivity contribution in [2.75, 3.05) is 24.7 Å². The van der Waals surface area contributed by atoms with Crippen LogP contribution in [0, 0.1) is 11.8 Å². The predicted molar refractivity (Wildman–Crippen MR) is 126 cm³/mol. The highest BCUT2D eigenvalue weighted by atomic mass is 35.5. The van der Waals surface area contributed by atoms with Gasteiger partial charge in [0.15, 0.2) is 0 Å². The van der Waals surface area contributed by atoms with Crippen molar-refractivity contribution in [3.63, 3.8) is 0 Å². The second-order valence-electron chi connectivity index (χ2n) is 9.45. The number of amides is 2. The molecule has 2 amide bonds. The third-order valence-corrected chi connectivity index (χ3v) is 7.77. The number of para-hydroxylation sites is 1.